The lowest BCUT2D eigenvalue weighted by molar-refractivity contribution is 0.0992. The van der Waals surface area contributed by atoms with E-state index in [1.807, 2.05) is 6.07 Å². The largest absolute Gasteiger partial charge is 0.306 e. The molecule has 0 bridgehead atoms. The van der Waals surface area contributed by atoms with E-state index in [1.165, 1.54) is 30.4 Å². The van der Waals surface area contributed by atoms with Crippen LogP contribution in [0.15, 0.2) is 30.9 Å². The summed E-state index contributed by atoms with van der Waals surface area (Å²) < 4.78 is 0. The van der Waals surface area contributed by atoms with E-state index in [2.05, 4.69) is 24.0 Å². The quantitative estimate of drug-likeness (QED) is 0.477. The predicted octanol–water partition coefficient (Wildman–Crippen LogP) is 2.52. The van der Waals surface area contributed by atoms with Crippen LogP contribution in [0.4, 0.5) is 0 Å². The first-order valence-corrected chi connectivity index (χ1v) is 6.28. The van der Waals surface area contributed by atoms with Gasteiger partial charge in [-0.25, -0.2) is 0 Å². The van der Waals surface area contributed by atoms with Gasteiger partial charge in [0.2, 0.25) is 0 Å². The lowest BCUT2D eigenvalue weighted by atomic mass is 9.90. The van der Waals surface area contributed by atoms with Gasteiger partial charge in [0.05, 0.1) is 6.54 Å². The second-order valence-electron chi connectivity index (χ2n) is 4.53. The molecule has 2 nitrogen and oxygen atoms in total. The Balaban J connectivity index is 2.05. The van der Waals surface area contributed by atoms with Crippen LogP contribution in [0, 0.1) is 0 Å². The third kappa shape index (κ3) is 3.04. The van der Waals surface area contributed by atoms with Crippen LogP contribution in [-0.2, 0) is 12.8 Å². The van der Waals surface area contributed by atoms with E-state index in [-0.39, 0.29) is 5.78 Å². The van der Waals surface area contributed by atoms with Crippen LogP contribution in [-0.4, -0.2) is 18.9 Å². The Kier molecular flexibility index (Phi) is 4.10. The fourth-order valence-electron chi connectivity index (χ4n) is 2.30. The van der Waals surface area contributed by atoms with E-state index >= 15 is 0 Å². The number of carbonyl (C=O) groups excluding carboxylic acids is 1. The Labute approximate surface area is 103 Å². The Bertz CT molecular complexity index is 423. The highest BCUT2D eigenvalue weighted by Crippen LogP contribution is 2.22. The van der Waals surface area contributed by atoms with Crippen LogP contribution >= 0.6 is 0 Å². The molecule has 2 heteroatoms. The molecule has 1 aliphatic carbocycles. The van der Waals surface area contributed by atoms with E-state index < -0.39 is 0 Å². The summed E-state index contributed by atoms with van der Waals surface area (Å²) in [6, 6.07) is 6.16. The summed E-state index contributed by atoms with van der Waals surface area (Å²) in [6.07, 6.45) is 6.58. The molecule has 0 spiro atoms. The summed E-state index contributed by atoms with van der Waals surface area (Å²) in [5.41, 5.74) is 3.62. The van der Waals surface area contributed by atoms with Gasteiger partial charge in [-0.1, -0.05) is 18.2 Å². The molecule has 0 aliphatic heterocycles. The Hall–Kier alpha value is -1.41. The van der Waals surface area contributed by atoms with E-state index in [1.54, 1.807) is 6.08 Å². The Morgan fingerprint density at radius 2 is 2.06 bits per heavy atom. The average molecular weight is 229 g/mol. The first-order valence-electron chi connectivity index (χ1n) is 6.28. The molecule has 2 rings (SSSR count). The van der Waals surface area contributed by atoms with Crippen molar-refractivity contribution in [2.75, 3.05) is 13.1 Å². The number of hydrogen-bond acceptors (Lipinski definition) is 2. The summed E-state index contributed by atoms with van der Waals surface area (Å²) >= 11 is 0. The maximum Gasteiger partial charge on any atom is 0.176 e. The molecule has 0 aromatic heterocycles. The molecule has 0 radical (unpaired) electrons. The summed E-state index contributed by atoms with van der Waals surface area (Å²) in [6.45, 7) is 4.69. The van der Waals surface area contributed by atoms with Gasteiger partial charge in [0.15, 0.2) is 5.78 Å². The van der Waals surface area contributed by atoms with Crippen molar-refractivity contribution in [2.45, 2.75) is 25.7 Å². The zero-order valence-corrected chi connectivity index (χ0v) is 10.2. The van der Waals surface area contributed by atoms with Gasteiger partial charge in [0.1, 0.15) is 0 Å². The highest BCUT2D eigenvalue weighted by Gasteiger charge is 2.12. The second-order valence-corrected chi connectivity index (χ2v) is 4.53. The molecule has 1 aromatic carbocycles. The van der Waals surface area contributed by atoms with Crippen LogP contribution in [0.1, 0.15) is 34.3 Å². The predicted molar refractivity (Wildman–Crippen MR) is 70.5 cm³/mol. The molecule has 0 fully saturated rings. The Morgan fingerprint density at radius 1 is 1.29 bits per heavy atom. The fraction of sp³-hybridized carbons (Fsp3) is 0.400. The van der Waals surface area contributed by atoms with Crippen molar-refractivity contribution in [3.8, 4) is 0 Å². The van der Waals surface area contributed by atoms with Gasteiger partial charge in [-0.2, -0.15) is 0 Å². The molecule has 1 aromatic rings. The molecule has 1 N–H and O–H groups in total. The van der Waals surface area contributed by atoms with Crippen molar-refractivity contribution in [1.82, 2.24) is 5.32 Å². The first-order chi connectivity index (χ1) is 8.31. The number of aryl methyl sites for hydroxylation is 2. The van der Waals surface area contributed by atoms with Gasteiger partial charge < -0.3 is 5.32 Å². The minimum atomic E-state index is 0.167. The fourth-order valence-corrected chi connectivity index (χ4v) is 2.30. The smallest absolute Gasteiger partial charge is 0.176 e. The molecule has 0 saturated carbocycles. The number of fused-ring (bicyclic) bond motifs is 1. The van der Waals surface area contributed by atoms with Crippen molar-refractivity contribution in [3.63, 3.8) is 0 Å². The number of carbonyl (C=O) groups is 1. The topological polar surface area (TPSA) is 29.1 Å². The van der Waals surface area contributed by atoms with E-state index in [4.69, 9.17) is 0 Å². The minimum absolute atomic E-state index is 0.167. The SMILES string of the molecule is C=CCNCC(=O)c1ccc2c(c1)CCCC2. The van der Waals surface area contributed by atoms with Gasteiger partial charge in [0, 0.05) is 12.1 Å². The van der Waals surface area contributed by atoms with Gasteiger partial charge in [-0.05, 0) is 42.9 Å². The number of rotatable bonds is 5. The second kappa shape index (κ2) is 5.78. The van der Waals surface area contributed by atoms with Crippen LogP contribution in [0.2, 0.25) is 0 Å². The van der Waals surface area contributed by atoms with Gasteiger partial charge in [0.25, 0.3) is 0 Å². The number of hydrogen-bond donors (Lipinski definition) is 1. The third-order valence-corrected chi connectivity index (χ3v) is 3.24. The van der Waals surface area contributed by atoms with Crippen molar-refractivity contribution < 1.29 is 4.79 Å². The standard InChI is InChI=1S/C15H19NO/c1-2-9-16-11-15(17)14-8-7-12-5-3-4-6-13(12)10-14/h2,7-8,10,16H,1,3-6,9,11H2. The summed E-state index contributed by atoms with van der Waals surface area (Å²) in [5.74, 6) is 0.167. The molecule has 0 saturated heterocycles. The van der Waals surface area contributed by atoms with Crippen molar-refractivity contribution in [1.29, 1.82) is 0 Å². The van der Waals surface area contributed by atoms with Gasteiger partial charge >= 0.3 is 0 Å². The molecule has 17 heavy (non-hydrogen) atoms. The molecule has 0 heterocycles. The summed E-state index contributed by atoms with van der Waals surface area (Å²) in [7, 11) is 0. The molecule has 0 atom stereocenters. The third-order valence-electron chi connectivity index (χ3n) is 3.24. The van der Waals surface area contributed by atoms with E-state index in [0.29, 0.717) is 13.1 Å². The maximum absolute atomic E-state index is 11.9. The molecule has 90 valence electrons. The van der Waals surface area contributed by atoms with Gasteiger partial charge in [-0.3, -0.25) is 4.79 Å². The summed E-state index contributed by atoms with van der Waals surface area (Å²) in [4.78, 5) is 11.9. The summed E-state index contributed by atoms with van der Waals surface area (Å²) in [5, 5.41) is 3.05. The average Bonchev–Trinajstić information content (AvgIpc) is 2.38. The van der Waals surface area contributed by atoms with Crippen LogP contribution < -0.4 is 5.32 Å². The monoisotopic (exact) mass is 229 g/mol. The Morgan fingerprint density at radius 3 is 2.82 bits per heavy atom. The zero-order chi connectivity index (χ0) is 12.1. The number of benzene rings is 1. The van der Waals surface area contributed by atoms with Crippen LogP contribution in [0.3, 0.4) is 0 Å². The maximum atomic E-state index is 11.9. The van der Waals surface area contributed by atoms with Crippen molar-refractivity contribution in [3.05, 3.63) is 47.5 Å². The molecule has 1 aliphatic rings. The minimum Gasteiger partial charge on any atom is -0.306 e. The van der Waals surface area contributed by atoms with Crippen LogP contribution in [0.5, 0.6) is 0 Å². The van der Waals surface area contributed by atoms with E-state index in [0.717, 1.165) is 12.0 Å². The molecular formula is C15H19NO. The molecule has 0 amide bonds. The van der Waals surface area contributed by atoms with Crippen molar-refractivity contribution in [2.24, 2.45) is 0 Å². The lowest BCUT2D eigenvalue weighted by Gasteiger charge is -2.16. The number of ketones is 1. The highest BCUT2D eigenvalue weighted by molar-refractivity contribution is 5.97. The molecule has 0 unspecified atom stereocenters. The number of Topliss-reactive ketones (excluding diaryl/α,β-unsaturated/α-hetero) is 1. The first kappa shape index (κ1) is 12.1. The molecular weight excluding hydrogens is 210 g/mol. The zero-order valence-electron chi connectivity index (χ0n) is 10.2. The highest BCUT2D eigenvalue weighted by atomic mass is 16.1. The lowest BCUT2D eigenvalue weighted by Crippen LogP contribution is -2.23. The number of nitrogens with one attached hydrogen (secondary N) is 1. The van der Waals surface area contributed by atoms with Crippen molar-refractivity contribution >= 4 is 5.78 Å². The van der Waals surface area contributed by atoms with Gasteiger partial charge in [-0.15, -0.1) is 6.58 Å². The van der Waals surface area contributed by atoms with E-state index in [9.17, 15) is 4.79 Å². The van der Waals surface area contributed by atoms with Crippen LogP contribution in [0.25, 0.3) is 0 Å². The normalized spacial score (nSPS) is 14.1.